The van der Waals surface area contributed by atoms with Crippen molar-refractivity contribution in [2.75, 3.05) is 6.61 Å². The van der Waals surface area contributed by atoms with Crippen LogP contribution in [0, 0.1) is 0 Å². The number of hydrogen-bond donors (Lipinski definition) is 3. The lowest BCUT2D eigenvalue weighted by molar-refractivity contribution is -0.434. The van der Waals surface area contributed by atoms with E-state index in [4.69, 9.17) is 9.44 Å². The summed E-state index contributed by atoms with van der Waals surface area (Å²) in [5, 5.41) is 29.7. The molecule has 0 radical (unpaired) electrons. The van der Waals surface area contributed by atoms with Crippen LogP contribution >= 0.6 is 28.3 Å². The first-order valence-electron chi connectivity index (χ1n) is 4.12. The molecule has 16 heavy (non-hydrogen) atoms. The molecule has 0 heterocycles. The second-order valence-electron chi connectivity index (χ2n) is 2.73. The van der Waals surface area contributed by atoms with E-state index >= 15 is 0 Å². The Morgan fingerprint density at radius 2 is 2.06 bits per heavy atom. The van der Waals surface area contributed by atoms with Crippen molar-refractivity contribution in [1.82, 2.24) is 0 Å². The van der Waals surface area contributed by atoms with E-state index in [1.807, 2.05) is 0 Å². The second kappa shape index (κ2) is 6.94. The van der Waals surface area contributed by atoms with Crippen LogP contribution in [-0.2, 0) is 20.0 Å². The molecule has 0 fully saturated rings. The third kappa shape index (κ3) is 4.16. The number of halogens is 1. The van der Waals surface area contributed by atoms with Gasteiger partial charge in [0.1, 0.15) is 0 Å². The van der Waals surface area contributed by atoms with Crippen molar-refractivity contribution < 1.29 is 29.0 Å². The average molecular weight is 313 g/mol. The van der Waals surface area contributed by atoms with Crippen LogP contribution < -0.4 is 0 Å². The van der Waals surface area contributed by atoms with Crippen molar-refractivity contribution in [1.29, 1.82) is 0 Å². The molecule has 0 saturated heterocycles. The van der Waals surface area contributed by atoms with Crippen LogP contribution in [0.2, 0.25) is 0 Å². The Morgan fingerprint density at radius 1 is 1.31 bits per heavy atom. The van der Waals surface area contributed by atoms with Crippen molar-refractivity contribution in [2.24, 2.45) is 0 Å². The van der Waals surface area contributed by atoms with Crippen molar-refractivity contribution in [3.05, 3.63) is 22.2 Å². The molecule has 6 nitrogen and oxygen atoms in total. The molecular formula is C8H9BrO6S. The van der Waals surface area contributed by atoms with E-state index < -0.39 is 0 Å². The fourth-order valence-corrected chi connectivity index (χ4v) is 1.72. The summed E-state index contributed by atoms with van der Waals surface area (Å²) in [6, 6.07) is 3.09. The summed E-state index contributed by atoms with van der Waals surface area (Å²) in [6.45, 7) is 0.282. The molecule has 0 aliphatic heterocycles. The summed E-state index contributed by atoms with van der Waals surface area (Å²) in [5.41, 5.74) is 0.771. The van der Waals surface area contributed by atoms with E-state index in [1.165, 1.54) is 6.07 Å². The normalized spacial score (nSPS) is 10.6. The van der Waals surface area contributed by atoms with Crippen LogP contribution in [0.4, 0.5) is 0 Å². The average Bonchev–Trinajstić information content (AvgIpc) is 2.25. The van der Waals surface area contributed by atoms with Crippen LogP contribution in [0.3, 0.4) is 0 Å². The number of phenolic OH excluding ortho intramolecular Hbond substituents is 2. The molecule has 1 rings (SSSR count). The van der Waals surface area contributed by atoms with Crippen LogP contribution in [-0.4, -0.2) is 22.1 Å². The molecule has 0 bridgehead atoms. The fourth-order valence-electron chi connectivity index (χ4n) is 1.01. The maximum absolute atomic E-state index is 9.32. The highest BCUT2D eigenvalue weighted by atomic mass is 79.9. The fraction of sp³-hybridized carbons (Fsp3) is 0.250. The lowest BCUT2D eigenvalue weighted by atomic mass is 10.1. The summed E-state index contributed by atoms with van der Waals surface area (Å²) in [5.74, 6) is -0.400. The minimum Gasteiger partial charge on any atom is -0.504 e. The van der Waals surface area contributed by atoms with Gasteiger partial charge in [-0.3, -0.25) is 4.18 Å². The molecule has 0 unspecified atom stereocenters. The molecule has 0 spiro atoms. The number of phenols is 2. The van der Waals surface area contributed by atoms with E-state index in [0.29, 0.717) is 23.2 Å². The van der Waals surface area contributed by atoms with E-state index in [1.54, 1.807) is 6.07 Å². The monoisotopic (exact) mass is 312 g/mol. The second-order valence-corrected chi connectivity index (χ2v) is 4.09. The molecule has 8 heteroatoms. The topological polar surface area (TPSA) is 88.4 Å². The minimum atomic E-state index is -0.202. The Kier molecular flexibility index (Phi) is 5.88. The quantitative estimate of drug-likeness (QED) is 0.244. The zero-order valence-corrected chi connectivity index (χ0v) is 10.3. The van der Waals surface area contributed by atoms with Crippen LogP contribution in [0.5, 0.6) is 11.5 Å². The molecule has 0 amide bonds. The zero-order chi connectivity index (χ0) is 12.0. The highest BCUT2D eigenvalue weighted by Gasteiger charge is 2.06. The van der Waals surface area contributed by atoms with Crippen LogP contribution in [0.15, 0.2) is 16.6 Å². The van der Waals surface area contributed by atoms with Gasteiger partial charge in [0.15, 0.2) is 23.8 Å². The highest BCUT2D eigenvalue weighted by Crippen LogP contribution is 2.34. The summed E-state index contributed by atoms with van der Waals surface area (Å²) in [7, 11) is 0. The van der Waals surface area contributed by atoms with E-state index in [0.717, 1.165) is 5.56 Å². The van der Waals surface area contributed by atoms with Gasteiger partial charge in [0.05, 0.1) is 11.1 Å². The predicted octanol–water partition coefficient (Wildman–Crippen LogP) is 2.40. The molecule has 0 aromatic heterocycles. The van der Waals surface area contributed by atoms with Gasteiger partial charge in [0.2, 0.25) is 0 Å². The Hall–Kier alpha value is -0.510. The Morgan fingerprint density at radius 3 is 2.69 bits per heavy atom. The Balaban J connectivity index is 2.43. The summed E-state index contributed by atoms with van der Waals surface area (Å²) in [6.07, 6.45) is 0.494. The van der Waals surface area contributed by atoms with Gasteiger partial charge in [-0.25, -0.2) is 5.26 Å². The van der Waals surface area contributed by atoms with Gasteiger partial charge in [-0.2, -0.15) is 0 Å². The number of benzene rings is 1. The van der Waals surface area contributed by atoms with E-state index in [9.17, 15) is 10.2 Å². The van der Waals surface area contributed by atoms with Crippen molar-refractivity contribution in [3.8, 4) is 11.5 Å². The van der Waals surface area contributed by atoms with Crippen molar-refractivity contribution >= 4 is 28.3 Å². The predicted molar refractivity (Wildman–Crippen MR) is 59.5 cm³/mol. The molecule has 1 aromatic carbocycles. The molecule has 0 atom stereocenters. The molecule has 0 saturated carbocycles. The molecule has 0 aliphatic carbocycles. The lowest BCUT2D eigenvalue weighted by Crippen LogP contribution is -1.94. The Labute approximate surface area is 104 Å². The highest BCUT2D eigenvalue weighted by molar-refractivity contribution is 9.10. The van der Waals surface area contributed by atoms with Crippen molar-refractivity contribution in [2.45, 2.75) is 6.42 Å². The van der Waals surface area contributed by atoms with Gasteiger partial charge in [-0.15, -0.1) is 4.33 Å². The van der Waals surface area contributed by atoms with Crippen LogP contribution in [0.25, 0.3) is 0 Å². The first-order valence-corrected chi connectivity index (χ1v) is 5.58. The van der Waals surface area contributed by atoms with E-state index in [2.05, 4.69) is 25.3 Å². The number of rotatable bonds is 6. The summed E-state index contributed by atoms with van der Waals surface area (Å²) in [4.78, 5) is 0. The summed E-state index contributed by atoms with van der Waals surface area (Å²) < 4.78 is 9.23. The first-order chi connectivity index (χ1) is 7.65. The molecular weight excluding hydrogens is 304 g/mol. The number of hydrogen-bond acceptors (Lipinski definition) is 7. The molecule has 3 N–H and O–H groups in total. The van der Waals surface area contributed by atoms with Gasteiger partial charge in [0.25, 0.3) is 0 Å². The van der Waals surface area contributed by atoms with Gasteiger partial charge < -0.3 is 10.2 Å². The molecule has 1 aromatic rings. The largest absolute Gasteiger partial charge is 0.504 e. The van der Waals surface area contributed by atoms with Crippen molar-refractivity contribution in [3.63, 3.8) is 0 Å². The maximum Gasteiger partial charge on any atom is 0.197 e. The molecule has 90 valence electrons. The van der Waals surface area contributed by atoms with Gasteiger partial charge in [-0.05, 0) is 40.0 Å². The van der Waals surface area contributed by atoms with E-state index in [-0.39, 0.29) is 18.1 Å². The smallest absolute Gasteiger partial charge is 0.197 e. The lowest BCUT2D eigenvalue weighted by Gasteiger charge is -2.05. The van der Waals surface area contributed by atoms with Crippen LogP contribution in [0.1, 0.15) is 5.56 Å². The maximum atomic E-state index is 9.32. The van der Waals surface area contributed by atoms with Gasteiger partial charge in [-0.1, -0.05) is 5.04 Å². The molecule has 0 aliphatic rings. The van der Waals surface area contributed by atoms with Gasteiger partial charge in [0, 0.05) is 0 Å². The third-order valence-electron chi connectivity index (χ3n) is 1.68. The number of aromatic hydroxyl groups is 2. The van der Waals surface area contributed by atoms with Gasteiger partial charge >= 0.3 is 0 Å². The SMILES string of the molecule is OOOSOCCc1cc(O)c(O)c(Br)c1. The zero-order valence-electron chi connectivity index (χ0n) is 7.92. The Bertz CT molecular complexity index is 324. The summed E-state index contributed by atoms with van der Waals surface area (Å²) >= 11 is 3.59. The standard InChI is InChI=1S/C8H9BrO6S/c9-6-3-5(4-7(10)8(6)11)1-2-13-16-15-14-12/h3-4,10-12H,1-2H2. The minimum absolute atomic E-state index is 0.198. The first kappa shape index (κ1) is 13.6. The third-order valence-corrected chi connectivity index (χ3v) is 2.67.